The quantitative estimate of drug-likeness (QED) is 0.382. The topological polar surface area (TPSA) is 50.4 Å². The third kappa shape index (κ3) is 2.36. The Labute approximate surface area is 49.3 Å². The van der Waals surface area contributed by atoms with Crippen LogP contribution in [0.1, 0.15) is 0 Å². The van der Waals surface area contributed by atoms with Gasteiger partial charge in [0.15, 0.2) is 0 Å². The van der Waals surface area contributed by atoms with Crippen molar-refractivity contribution in [1.29, 1.82) is 0 Å². The first-order valence-corrected chi connectivity index (χ1v) is 2.38. The van der Waals surface area contributed by atoms with E-state index >= 15 is 0 Å². The van der Waals surface area contributed by atoms with E-state index in [1.54, 1.807) is 13.2 Å². The second-order valence-electron chi connectivity index (χ2n) is 1.22. The number of nitrogens with zero attached hydrogens (tertiary/aromatic N) is 1. The number of nitrogens with two attached hydrogens (primary N) is 1. The Bertz CT molecular complexity index is 95.8. The number of amidine groups is 1. The van der Waals surface area contributed by atoms with E-state index in [0.717, 1.165) is 5.84 Å². The van der Waals surface area contributed by atoms with Crippen LogP contribution in [0, 0.1) is 0 Å². The molecule has 0 aliphatic heterocycles. The summed E-state index contributed by atoms with van der Waals surface area (Å²) in [6.07, 6.45) is 1.55. The van der Waals surface area contributed by atoms with Crippen molar-refractivity contribution in [2.75, 3.05) is 13.6 Å². The summed E-state index contributed by atoms with van der Waals surface area (Å²) in [6.45, 7) is 3.88. The van der Waals surface area contributed by atoms with Gasteiger partial charge in [-0.2, -0.15) is 0 Å². The first-order valence-electron chi connectivity index (χ1n) is 2.38. The lowest BCUT2D eigenvalue weighted by molar-refractivity contribution is 1.14. The maximum Gasteiger partial charge on any atom is 0.114 e. The molecule has 3 heteroatoms. The first-order chi connectivity index (χ1) is 3.85. The normalized spacial score (nSPS) is 11.0. The van der Waals surface area contributed by atoms with E-state index in [9.17, 15) is 0 Å². The Morgan fingerprint density at radius 1 is 2.00 bits per heavy atom. The Hall–Kier alpha value is -0.830. The number of rotatable bonds is 2. The zero-order valence-electron chi connectivity index (χ0n) is 5.02. The molecule has 0 aliphatic rings. The summed E-state index contributed by atoms with van der Waals surface area (Å²) >= 11 is 0. The van der Waals surface area contributed by atoms with Crippen LogP contribution in [0.5, 0.6) is 0 Å². The molecule has 3 N–H and O–H groups in total. The minimum Gasteiger partial charge on any atom is -0.350 e. The Kier molecular flexibility index (Phi) is 3.88. The SMILES string of the molecule is C=CNC(CN)=NC. The standard InChI is InChI=1S/C5H11N3/c1-3-8-5(4-6)7-2/h3H,1,4,6H2,2H3,(H,7,8). The van der Waals surface area contributed by atoms with E-state index in [4.69, 9.17) is 5.73 Å². The lowest BCUT2D eigenvalue weighted by Crippen LogP contribution is -2.25. The van der Waals surface area contributed by atoms with E-state index in [2.05, 4.69) is 16.9 Å². The Balaban J connectivity index is 3.53. The largest absolute Gasteiger partial charge is 0.350 e. The minimum absolute atomic E-state index is 0.433. The van der Waals surface area contributed by atoms with Gasteiger partial charge in [0.2, 0.25) is 0 Å². The summed E-state index contributed by atoms with van der Waals surface area (Å²) < 4.78 is 0. The van der Waals surface area contributed by atoms with Gasteiger partial charge in [0.05, 0.1) is 6.54 Å². The molecule has 0 unspecified atom stereocenters. The number of hydrogen-bond donors (Lipinski definition) is 2. The average Bonchev–Trinajstić information content (AvgIpc) is 1.83. The third-order valence-corrected chi connectivity index (χ3v) is 0.732. The molecule has 0 aliphatic carbocycles. The molecule has 46 valence electrons. The van der Waals surface area contributed by atoms with E-state index < -0.39 is 0 Å². The molecule has 0 atom stereocenters. The number of hydrogen-bond acceptors (Lipinski definition) is 2. The highest BCUT2D eigenvalue weighted by molar-refractivity contribution is 5.84. The Morgan fingerprint density at radius 3 is 2.75 bits per heavy atom. The second kappa shape index (κ2) is 4.33. The van der Waals surface area contributed by atoms with Crippen LogP contribution in [-0.2, 0) is 0 Å². The summed E-state index contributed by atoms with van der Waals surface area (Å²) in [5, 5.41) is 2.77. The summed E-state index contributed by atoms with van der Waals surface area (Å²) in [4.78, 5) is 3.81. The van der Waals surface area contributed by atoms with Crippen molar-refractivity contribution < 1.29 is 0 Å². The Morgan fingerprint density at radius 2 is 2.62 bits per heavy atom. The lowest BCUT2D eigenvalue weighted by atomic mass is 10.6. The minimum atomic E-state index is 0.433. The van der Waals surface area contributed by atoms with Gasteiger partial charge in [0.1, 0.15) is 5.84 Å². The van der Waals surface area contributed by atoms with Crippen molar-refractivity contribution in [1.82, 2.24) is 5.32 Å². The first kappa shape index (κ1) is 7.17. The molecule has 3 nitrogen and oxygen atoms in total. The van der Waals surface area contributed by atoms with Crippen LogP contribution >= 0.6 is 0 Å². The van der Waals surface area contributed by atoms with Crippen LogP contribution in [0.3, 0.4) is 0 Å². The van der Waals surface area contributed by atoms with E-state index in [1.807, 2.05) is 0 Å². The summed E-state index contributed by atoms with van der Waals surface area (Å²) in [5.41, 5.74) is 5.23. The smallest absolute Gasteiger partial charge is 0.114 e. The molecule has 0 saturated heterocycles. The highest BCUT2D eigenvalue weighted by Crippen LogP contribution is 1.64. The number of aliphatic imine (C=N–C) groups is 1. The molecular formula is C5H11N3. The van der Waals surface area contributed by atoms with Crippen molar-refractivity contribution in [2.45, 2.75) is 0 Å². The summed E-state index contributed by atoms with van der Waals surface area (Å²) in [5.74, 6) is 0.750. The predicted molar refractivity (Wildman–Crippen MR) is 35.7 cm³/mol. The highest BCUT2D eigenvalue weighted by atomic mass is 15.0. The van der Waals surface area contributed by atoms with Crippen LogP contribution < -0.4 is 11.1 Å². The molecule has 0 heterocycles. The molecule has 0 aromatic carbocycles. The fourth-order valence-corrected chi connectivity index (χ4v) is 0.333. The molecule has 0 spiro atoms. The third-order valence-electron chi connectivity index (χ3n) is 0.732. The maximum absolute atomic E-state index is 5.23. The van der Waals surface area contributed by atoms with Gasteiger partial charge >= 0.3 is 0 Å². The van der Waals surface area contributed by atoms with Crippen molar-refractivity contribution in [2.24, 2.45) is 10.7 Å². The van der Waals surface area contributed by atoms with Gasteiger partial charge in [-0.25, -0.2) is 0 Å². The molecule has 0 aromatic rings. The van der Waals surface area contributed by atoms with Crippen molar-refractivity contribution in [3.8, 4) is 0 Å². The van der Waals surface area contributed by atoms with Gasteiger partial charge in [0, 0.05) is 7.05 Å². The van der Waals surface area contributed by atoms with Gasteiger partial charge in [-0.1, -0.05) is 6.58 Å². The molecule has 0 aromatic heterocycles. The van der Waals surface area contributed by atoms with Gasteiger partial charge < -0.3 is 11.1 Å². The van der Waals surface area contributed by atoms with Crippen LogP contribution in [0.25, 0.3) is 0 Å². The van der Waals surface area contributed by atoms with Gasteiger partial charge in [-0.05, 0) is 6.20 Å². The monoisotopic (exact) mass is 113 g/mol. The molecule has 0 rings (SSSR count). The highest BCUT2D eigenvalue weighted by Gasteiger charge is 1.84. The fourth-order valence-electron chi connectivity index (χ4n) is 0.333. The predicted octanol–water partition coefficient (Wildman–Crippen LogP) is -0.294. The zero-order valence-corrected chi connectivity index (χ0v) is 5.02. The maximum atomic E-state index is 5.23. The average molecular weight is 113 g/mol. The molecule has 0 saturated carbocycles. The molecule has 0 amide bonds. The van der Waals surface area contributed by atoms with Crippen LogP contribution in [0.15, 0.2) is 17.8 Å². The van der Waals surface area contributed by atoms with Crippen LogP contribution in [0.4, 0.5) is 0 Å². The van der Waals surface area contributed by atoms with E-state index in [1.165, 1.54) is 0 Å². The fraction of sp³-hybridized carbons (Fsp3) is 0.400. The summed E-state index contributed by atoms with van der Waals surface area (Å²) in [6, 6.07) is 0. The molecule has 0 fully saturated rings. The molecule has 8 heavy (non-hydrogen) atoms. The summed E-state index contributed by atoms with van der Waals surface area (Å²) in [7, 11) is 1.68. The van der Waals surface area contributed by atoms with Crippen LogP contribution in [-0.4, -0.2) is 19.4 Å². The van der Waals surface area contributed by atoms with Crippen molar-refractivity contribution in [3.63, 3.8) is 0 Å². The van der Waals surface area contributed by atoms with Crippen molar-refractivity contribution in [3.05, 3.63) is 12.8 Å². The number of nitrogens with one attached hydrogen (secondary N) is 1. The molecule has 0 radical (unpaired) electrons. The molecular weight excluding hydrogens is 102 g/mol. The van der Waals surface area contributed by atoms with Crippen molar-refractivity contribution >= 4 is 5.84 Å². The van der Waals surface area contributed by atoms with E-state index in [0.29, 0.717) is 6.54 Å². The van der Waals surface area contributed by atoms with E-state index in [-0.39, 0.29) is 0 Å². The zero-order chi connectivity index (χ0) is 6.41. The molecule has 0 bridgehead atoms. The lowest BCUT2D eigenvalue weighted by Gasteiger charge is -1.97. The second-order valence-corrected chi connectivity index (χ2v) is 1.22. The van der Waals surface area contributed by atoms with Gasteiger partial charge in [-0.15, -0.1) is 0 Å². The van der Waals surface area contributed by atoms with Gasteiger partial charge in [0.25, 0.3) is 0 Å². The van der Waals surface area contributed by atoms with Gasteiger partial charge in [-0.3, -0.25) is 4.99 Å². The van der Waals surface area contributed by atoms with Crippen LogP contribution in [0.2, 0.25) is 0 Å².